The predicted octanol–water partition coefficient (Wildman–Crippen LogP) is 4.07. The Bertz CT molecular complexity index is 1430. The molecule has 0 saturated heterocycles. The summed E-state index contributed by atoms with van der Waals surface area (Å²) in [6.07, 6.45) is -0.544. The molecule has 0 atom stereocenters. The lowest BCUT2D eigenvalue weighted by Gasteiger charge is -2.08. The molecule has 0 aliphatic carbocycles. The van der Waals surface area contributed by atoms with Crippen LogP contribution in [0.1, 0.15) is 15.9 Å². The van der Waals surface area contributed by atoms with Gasteiger partial charge in [-0.3, -0.25) is 4.79 Å². The SMILES string of the molecule is CS(=O)(=O)c1cccc(NC(=O)c2cnn3ccc(-c4ccc(C(F)(F)F)cc4)nc23)c1. The number of sulfone groups is 1. The molecular weight excluding hydrogens is 445 g/mol. The number of hydrogen-bond donors (Lipinski definition) is 1. The quantitative estimate of drug-likeness (QED) is 0.496. The largest absolute Gasteiger partial charge is 0.416 e. The van der Waals surface area contributed by atoms with Gasteiger partial charge in [0.15, 0.2) is 15.5 Å². The summed E-state index contributed by atoms with van der Waals surface area (Å²) in [6.45, 7) is 0. The number of hydrogen-bond acceptors (Lipinski definition) is 5. The van der Waals surface area contributed by atoms with Gasteiger partial charge in [0.1, 0.15) is 5.56 Å². The first-order valence-corrected chi connectivity index (χ1v) is 11.0. The van der Waals surface area contributed by atoms with Gasteiger partial charge in [-0.1, -0.05) is 18.2 Å². The molecule has 2 aromatic heterocycles. The van der Waals surface area contributed by atoms with Gasteiger partial charge in [-0.2, -0.15) is 18.3 Å². The molecule has 0 aliphatic rings. The van der Waals surface area contributed by atoms with E-state index in [1.54, 1.807) is 12.1 Å². The molecule has 1 amide bonds. The van der Waals surface area contributed by atoms with E-state index >= 15 is 0 Å². The van der Waals surface area contributed by atoms with Gasteiger partial charge in [-0.05, 0) is 36.4 Å². The highest BCUT2D eigenvalue weighted by atomic mass is 32.2. The van der Waals surface area contributed by atoms with Gasteiger partial charge in [0.25, 0.3) is 5.91 Å². The molecule has 7 nitrogen and oxygen atoms in total. The zero-order valence-electron chi connectivity index (χ0n) is 16.5. The summed E-state index contributed by atoms with van der Waals surface area (Å²) < 4.78 is 63.2. The lowest BCUT2D eigenvalue weighted by molar-refractivity contribution is -0.137. The number of aromatic nitrogens is 3. The fraction of sp³-hybridized carbons (Fsp3) is 0.0952. The molecule has 32 heavy (non-hydrogen) atoms. The van der Waals surface area contributed by atoms with E-state index in [1.807, 2.05) is 0 Å². The van der Waals surface area contributed by atoms with Gasteiger partial charge in [0, 0.05) is 23.7 Å². The van der Waals surface area contributed by atoms with Crippen molar-refractivity contribution in [3.63, 3.8) is 0 Å². The summed E-state index contributed by atoms with van der Waals surface area (Å²) in [4.78, 5) is 17.2. The normalized spacial score (nSPS) is 12.1. The lowest BCUT2D eigenvalue weighted by atomic mass is 10.1. The Balaban J connectivity index is 1.65. The Hall–Kier alpha value is -3.73. The fourth-order valence-corrected chi connectivity index (χ4v) is 3.69. The molecule has 0 saturated carbocycles. The zero-order chi connectivity index (χ0) is 23.1. The Morgan fingerprint density at radius 2 is 1.78 bits per heavy atom. The summed E-state index contributed by atoms with van der Waals surface area (Å²) in [5.74, 6) is -0.567. The van der Waals surface area contributed by atoms with Crippen molar-refractivity contribution in [1.82, 2.24) is 14.6 Å². The average molecular weight is 460 g/mol. The van der Waals surface area contributed by atoms with E-state index in [2.05, 4.69) is 15.4 Å². The minimum atomic E-state index is -4.44. The first-order valence-electron chi connectivity index (χ1n) is 9.16. The maximum atomic E-state index is 12.8. The lowest BCUT2D eigenvalue weighted by Crippen LogP contribution is -2.12. The Morgan fingerprint density at radius 1 is 1.06 bits per heavy atom. The summed E-state index contributed by atoms with van der Waals surface area (Å²) >= 11 is 0. The third kappa shape index (κ3) is 4.33. The third-order valence-electron chi connectivity index (χ3n) is 4.64. The van der Waals surface area contributed by atoms with Crippen LogP contribution < -0.4 is 5.32 Å². The minimum absolute atomic E-state index is 0.0536. The number of carbonyl (C=O) groups is 1. The van der Waals surface area contributed by atoms with Gasteiger partial charge in [-0.25, -0.2) is 17.9 Å². The monoisotopic (exact) mass is 460 g/mol. The summed E-state index contributed by atoms with van der Waals surface area (Å²) in [7, 11) is -3.45. The molecule has 0 spiro atoms. The highest BCUT2D eigenvalue weighted by Crippen LogP contribution is 2.30. The van der Waals surface area contributed by atoms with Crippen molar-refractivity contribution in [2.45, 2.75) is 11.1 Å². The average Bonchev–Trinajstić information content (AvgIpc) is 3.16. The molecule has 4 rings (SSSR count). The molecule has 2 aromatic carbocycles. The molecule has 4 aromatic rings. The third-order valence-corrected chi connectivity index (χ3v) is 5.75. The van der Waals surface area contributed by atoms with Crippen LogP contribution in [0, 0.1) is 0 Å². The van der Waals surface area contributed by atoms with Gasteiger partial charge in [0.2, 0.25) is 0 Å². The molecule has 1 N–H and O–H groups in total. The van der Waals surface area contributed by atoms with E-state index in [4.69, 9.17) is 0 Å². The highest BCUT2D eigenvalue weighted by Gasteiger charge is 2.30. The highest BCUT2D eigenvalue weighted by molar-refractivity contribution is 7.90. The number of amides is 1. The number of alkyl halides is 3. The van der Waals surface area contributed by atoms with E-state index in [-0.39, 0.29) is 21.8 Å². The van der Waals surface area contributed by atoms with Crippen molar-refractivity contribution < 1.29 is 26.4 Å². The van der Waals surface area contributed by atoms with Gasteiger partial charge in [0.05, 0.1) is 22.3 Å². The maximum Gasteiger partial charge on any atom is 0.416 e. The molecule has 0 unspecified atom stereocenters. The number of nitrogens with one attached hydrogen (secondary N) is 1. The Labute approximate surface area is 180 Å². The molecule has 0 aliphatic heterocycles. The van der Waals surface area contributed by atoms with E-state index in [9.17, 15) is 26.4 Å². The van der Waals surface area contributed by atoms with Gasteiger partial charge < -0.3 is 5.32 Å². The smallest absolute Gasteiger partial charge is 0.322 e. The second kappa shape index (κ2) is 7.75. The summed E-state index contributed by atoms with van der Waals surface area (Å²) in [6, 6.07) is 11.9. The molecule has 0 radical (unpaired) electrons. The van der Waals surface area contributed by atoms with Crippen molar-refractivity contribution in [3.8, 4) is 11.3 Å². The maximum absolute atomic E-state index is 12.8. The standard InChI is InChI=1S/C21H15F3N4O3S/c1-32(30,31)16-4-2-3-15(11-16)26-20(29)17-12-25-28-10-9-18(27-19(17)28)13-5-7-14(8-6-13)21(22,23)24/h2-12H,1H3,(H,26,29). The van der Waals surface area contributed by atoms with Crippen LogP contribution in [0.5, 0.6) is 0 Å². The topological polar surface area (TPSA) is 93.4 Å². The van der Waals surface area contributed by atoms with Crippen molar-refractivity contribution in [3.05, 3.63) is 78.1 Å². The Kier molecular flexibility index (Phi) is 5.21. The summed E-state index contributed by atoms with van der Waals surface area (Å²) in [5, 5.41) is 6.68. The summed E-state index contributed by atoms with van der Waals surface area (Å²) in [5.41, 5.74) is 0.607. The van der Waals surface area contributed by atoms with Crippen LogP contribution in [-0.2, 0) is 16.0 Å². The van der Waals surface area contributed by atoms with Crippen LogP contribution in [0.3, 0.4) is 0 Å². The number of carbonyl (C=O) groups excluding carboxylic acids is 1. The molecule has 2 heterocycles. The molecule has 164 valence electrons. The molecule has 0 fully saturated rings. The predicted molar refractivity (Wildman–Crippen MR) is 111 cm³/mol. The second-order valence-corrected chi connectivity index (χ2v) is 8.98. The number of anilines is 1. The second-order valence-electron chi connectivity index (χ2n) is 6.97. The number of rotatable bonds is 4. The Morgan fingerprint density at radius 3 is 2.44 bits per heavy atom. The van der Waals surface area contributed by atoms with E-state index in [1.165, 1.54) is 47.2 Å². The minimum Gasteiger partial charge on any atom is -0.322 e. The first kappa shape index (κ1) is 21.5. The molecule has 11 heteroatoms. The van der Waals surface area contributed by atoms with Crippen molar-refractivity contribution in [2.24, 2.45) is 0 Å². The van der Waals surface area contributed by atoms with Gasteiger partial charge in [-0.15, -0.1) is 0 Å². The van der Waals surface area contributed by atoms with Gasteiger partial charge >= 0.3 is 6.18 Å². The van der Waals surface area contributed by atoms with Crippen LogP contribution in [0.25, 0.3) is 16.9 Å². The number of benzene rings is 2. The fourth-order valence-electron chi connectivity index (χ4n) is 3.02. The number of nitrogens with zero attached hydrogens (tertiary/aromatic N) is 3. The molecular formula is C21H15F3N4O3S. The molecule has 0 bridgehead atoms. The van der Waals surface area contributed by atoms with Crippen molar-refractivity contribution >= 4 is 27.1 Å². The van der Waals surface area contributed by atoms with E-state index in [0.717, 1.165) is 18.4 Å². The van der Waals surface area contributed by atoms with Crippen LogP contribution in [0.15, 0.2) is 71.9 Å². The van der Waals surface area contributed by atoms with Crippen molar-refractivity contribution in [1.29, 1.82) is 0 Å². The van der Waals surface area contributed by atoms with Crippen LogP contribution in [-0.4, -0.2) is 35.2 Å². The van der Waals surface area contributed by atoms with Crippen molar-refractivity contribution in [2.75, 3.05) is 11.6 Å². The van der Waals surface area contributed by atoms with E-state index in [0.29, 0.717) is 11.3 Å². The van der Waals surface area contributed by atoms with Crippen LogP contribution >= 0.6 is 0 Å². The van der Waals surface area contributed by atoms with Crippen LogP contribution in [0.4, 0.5) is 18.9 Å². The zero-order valence-corrected chi connectivity index (χ0v) is 17.3. The number of halogens is 3. The first-order chi connectivity index (χ1) is 15.0. The van der Waals surface area contributed by atoms with E-state index < -0.39 is 27.5 Å². The van der Waals surface area contributed by atoms with Crippen LogP contribution in [0.2, 0.25) is 0 Å². The number of fused-ring (bicyclic) bond motifs is 1.